The summed E-state index contributed by atoms with van der Waals surface area (Å²) in [5, 5.41) is 9.48. The summed E-state index contributed by atoms with van der Waals surface area (Å²) in [4.78, 5) is 35.8. The van der Waals surface area contributed by atoms with E-state index in [0.29, 0.717) is 24.2 Å². The van der Waals surface area contributed by atoms with Gasteiger partial charge in [-0.1, -0.05) is 25.3 Å². The number of rotatable bonds is 7. The van der Waals surface area contributed by atoms with Gasteiger partial charge in [-0.15, -0.1) is 24.0 Å². The number of carbonyl (C=O) groups is 2. The Morgan fingerprint density at radius 2 is 1.97 bits per heavy atom. The highest BCUT2D eigenvalue weighted by atomic mass is 127. The average Bonchev–Trinajstić information content (AvgIpc) is 3.22. The molecule has 1 aliphatic heterocycles. The van der Waals surface area contributed by atoms with Crippen molar-refractivity contribution >= 4 is 47.6 Å². The summed E-state index contributed by atoms with van der Waals surface area (Å²) in [5.41, 5.74) is 0.863. The average molecular weight is 556 g/mol. The molecule has 0 aromatic carbocycles. The first-order valence-corrected chi connectivity index (χ1v) is 11.6. The number of likely N-dealkylation sites (tertiary alicyclic amines) is 1. The molecular formula is C23H37IN6O2. The Kier molecular flexibility index (Phi) is 11.2. The van der Waals surface area contributed by atoms with Crippen molar-refractivity contribution < 1.29 is 9.59 Å². The van der Waals surface area contributed by atoms with Crippen LogP contribution in [0.25, 0.3) is 0 Å². The predicted molar refractivity (Wildman–Crippen MR) is 138 cm³/mol. The van der Waals surface area contributed by atoms with E-state index in [4.69, 9.17) is 0 Å². The summed E-state index contributed by atoms with van der Waals surface area (Å²) in [7, 11) is 0. The number of pyridine rings is 1. The van der Waals surface area contributed by atoms with Crippen LogP contribution in [0.2, 0.25) is 0 Å². The number of amides is 2. The van der Waals surface area contributed by atoms with Crippen molar-refractivity contribution in [2.75, 3.05) is 31.5 Å². The maximum Gasteiger partial charge on any atom is 0.227 e. The van der Waals surface area contributed by atoms with Gasteiger partial charge in [0.1, 0.15) is 5.82 Å². The second kappa shape index (κ2) is 13.6. The molecule has 0 bridgehead atoms. The van der Waals surface area contributed by atoms with Crippen LogP contribution >= 0.6 is 24.0 Å². The van der Waals surface area contributed by atoms with E-state index < -0.39 is 0 Å². The standard InChI is InChI=1S/C23H36N6O2.HI/c1-3-24-23(25-14-12-21(30)28-20-11-7-8-17(2)26-20)27-19-13-15-29(16-19)22(31)18-9-5-4-6-10-18;/h7-8,11,18-19H,3-6,9-10,12-16H2,1-2H3,(H2,24,25,27)(H,26,28,30);1H. The Balaban J connectivity index is 0.00000363. The quantitative estimate of drug-likeness (QED) is 0.273. The van der Waals surface area contributed by atoms with Crippen molar-refractivity contribution in [2.24, 2.45) is 10.9 Å². The van der Waals surface area contributed by atoms with E-state index in [1.807, 2.05) is 30.9 Å². The van der Waals surface area contributed by atoms with Crippen molar-refractivity contribution in [3.8, 4) is 0 Å². The number of nitrogens with zero attached hydrogens (tertiary/aromatic N) is 3. The molecular weight excluding hydrogens is 519 g/mol. The van der Waals surface area contributed by atoms with Crippen LogP contribution in [0.15, 0.2) is 23.2 Å². The lowest BCUT2D eigenvalue weighted by Gasteiger charge is -2.26. The number of nitrogens with one attached hydrogen (secondary N) is 3. The molecule has 1 aliphatic carbocycles. The third kappa shape index (κ3) is 8.22. The second-order valence-corrected chi connectivity index (χ2v) is 8.47. The molecule has 1 saturated carbocycles. The molecule has 8 nitrogen and oxygen atoms in total. The van der Waals surface area contributed by atoms with Gasteiger partial charge in [0.15, 0.2) is 5.96 Å². The Bertz CT molecular complexity index is 782. The molecule has 178 valence electrons. The van der Waals surface area contributed by atoms with Crippen LogP contribution < -0.4 is 16.0 Å². The van der Waals surface area contributed by atoms with E-state index in [1.165, 1.54) is 19.3 Å². The largest absolute Gasteiger partial charge is 0.357 e. The highest BCUT2D eigenvalue weighted by molar-refractivity contribution is 14.0. The molecule has 2 heterocycles. The summed E-state index contributed by atoms with van der Waals surface area (Å²) in [6.45, 7) is 6.55. The van der Waals surface area contributed by atoms with Crippen LogP contribution in [0.1, 0.15) is 57.6 Å². The minimum atomic E-state index is -0.109. The topological polar surface area (TPSA) is 98.7 Å². The van der Waals surface area contributed by atoms with E-state index in [9.17, 15) is 9.59 Å². The first-order valence-electron chi connectivity index (χ1n) is 11.6. The zero-order valence-corrected chi connectivity index (χ0v) is 21.6. The van der Waals surface area contributed by atoms with Crippen LogP contribution in [-0.4, -0.2) is 59.9 Å². The van der Waals surface area contributed by atoms with E-state index in [1.54, 1.807) is 6.07 Å². The van der Waals surface area contributed by atoms with E-state index in [-0.39, 0.29) is 48.3 Å². The normalized spacial score (nSPS) is 19.2. The SMILES string of the molecule is CCNC(=NCCC(=O)Nc1cccc(C)n1)NC1CCN(C(=O)C2CCCCC2)C1.I. The van der Waals surface area contributed by atoms with Crippen molar-refractivity contribution in [1.29, 1.82) is 0 Å². The van der Waals surface area contributed by atoms with E-state index >= 15 is 0 Å². The third-order valence-electron chi connectivity index (χ3n) is 5.90. The lowest BCUT2D eigenvalue weighted by molar-refractivity contribution is -0.135. The van der Waals surface area contributed by atoms with Gasteiger partial charge in [-0.3, -0.25) is 14.6 Å². The summed E-state index contributed by atoms with van der Waals surface area (Å²) < 4.78 is 0. The van der Waals surface area contributed by atoms with Crippen LogP contribution in [-0.2, 0) is 9.59 Å². The number of carbonyl (C=O) groups excluding carboxylic acids is 2. The second-order valence-electron chi connectivity index (χ2n) is 8.47. The van der Waals surface area contributed by atoms with Crippen LogP contribution in [0, 0.1) is 12.8 Å². The lowest BCUT2D eigenvalue weighted by Crippen LogP contribution is -2.45. The van der Waals surface area contributed by atoms with E-state index in [2.05, 4.69) is 25.9 Å². The number of hydrogen-bond donors (Lipinski definition) is 3. The molecule has 9 heteroatoms. The van der Waals surface area contributed by atoms with Crippen molar-refractivity contribution in [2.45, 2.75) is 64.8 Å². The minimum absolute atomic E-state index is 0. The Hall–Kier alpha value is -1.91. The molecule has 1 aromatic rings. The lowest BCUT2D eigenvalue weighted by atomic mass is 9.88. The number of halogens is 1. The van der Waals surface area contributed by atoms with Gasteiger partial charge in [0, 0.05) is 43.7 Å². The van der Waals surface area contributed by atoms with Gasteiger partial charge >= 0.3 is 0 Å². The van der Waals surface area contributed by atoms with Crippen LogP contribution in [0.4, 0.5) is 5.82 Å². The summed E-state index contributed by atoms with van der Waals surface area (Å²) in [6, 6.07) is 5.73. The maximum absolute atomic E-state index is 12.8. The number of aliphatic imine (C=N–C) groups is 1. The third-order valence-corrected chi connectivity index (χ3v) is 5.90. The van der Waals surface area contributed by atoms with Crippen LogP contribution in [0.3, 0.4) is 0 Å². The van der Waals surface area contributed by atoms with Gasteiger partial charge in [0.05, 0.1) is 6.54 Å². The molecule has 2 amide bonds. The monoisotopic (exact) mass is 556 g/mol. The number of guanidine groups is 1. The molecule has 0 spiro atoms. The van der Waals surface area contributed by atoms with Gasteiger partial charge in [0.25, 0.3) is 0 Å². The molecule has 1 aromatic heterocycles. The Labute approximate surface area is 208 Å². The molecule has 2 fully saturated rings. The number of aryl methyl sites for hydroxylation is 1. The molecule has 3 rings (SSSR count). The zero-order chi connectivity index (χ0) is 22.1. The summed E-state index contributed by atoms with van der Waals surface area (Å²) >= 11 is 0. The smallest absolute Gasteiger partial charge is 0.227 e. The fourth-order valence-electron chi connectivity index (χ4n) is 4.29. The Morgan fingerprint density at radius 1 is 1.19 bits per heavy atom. The van der Waals surface area contributed by atoms with Crippen LogP contribution in [0.5, 0.6) is 0 Å². The molecule has 2 aliphatic rings. The molecule has 32 heavy (non-hydrogen) atoms. The highest BCUT2D eigenvalue weighted by Gasteiger charge is 2.31. The first-order chi connectivity index (χ1) is 15.0. The van der Waals surface area contributed by atoms with Gasteiger partial charge in [-0.2, -0.15) is 0 Å². The summed E-state index contributed by atoms with van der Waals surface area (Å²) in [6.07, 6.45) is 6.89. The number of aromatic nitrogens is 1. The predicted octanol–water partition coefficient (Wildman–Crippen LogP) is 3.07. The fourth-order valence-corrected chi connectivity index (χ4v) is 4.29. The highest BCUT2D eigenvalue weighted by Crippen LogP contribution is 2.26. The number of hydrogen-bond acceptors (Lipinski definition) is 4. The maximum atomic E-state index is 12.8. The first kappa shape index (κ1) is 26.3. The fraction of sp³-hybridized carbons (Fsp3) is 0.652. The van der Waals surface area contributed by atoms with E-state index in [0.717, 1.165) is 44.6 Å². The van der Waals surface area contributed by atoms with Crippen molar-refractivity contribution in [1.82, 2.24) is 20.5 Å². The Morgan fingerprint density at radius 3 is 2.69 bits per heavy atom. The minimum Gasteiger partial charge on any atom is -0.357 e. The van der Waals surface area contributed by atoms with Crippen molar-refractivity contribution in [3.63, 3.8) is 0 Å². The summed E-state index contributed by atoms with van der Waals surface area (Å²) in [5.74, 6) is 1.69. The van der Waals surface area contributed by atoms with Gasteiger partial charge in [-0.25, -0.2) is 4.98 Å². The number of anilines is 1. The van der Waals surface area contributed by atoms with Crippen molar-refractivity contribution in [3.05, 3.63) is 23.9 Å². The molecule has 1 atom stereocenters. The molecule has 1 unspecified atom stereocenters. The van der Waals surface area contributed by atoms with Gasteiger partial charge < -0.3 is 20.9 Å². The zero-order valence-electron chi connectivity index (χ0n) is 19.2. The molecule has 0 radical (unpaired) electrons. The molecule has 1 saturated heterocycles. The van der Waals surface area contributed by atoms with Gasteiger partial charge in [0.2, 0.25) is 11.8 Å². The van der Waals surface area contributed by atoms with Gasteiger partial charge in [-0.05, 0) is 45.2 Å². The molecule has 3 N–H and O–H groups in total.